The predicted octanol–water partition coefficient (Wildman–Crippen LogP) is 6.14. The number of allylic oxidation sites excluding steroid dienone is 4. The van der Waals surface area contributed by atoms with E-state index in [2.05, 4.69) is 48.8 Å². The van der Waals surface area contributed by atoms with Gasteiger partial charge in [-0.3, -0.25) is 14.4 Å². The number of carboxylic acid groups (broad SMARTS) is 1. The molecule has 9 nitrogen and oxygen atoms in total. The summed E-state index contributed by atoms with van der Waals surface area (Å²) in [5, 5.41) is 22.3. The Kier molecular flexibility index (Phi) is 26.6. The number of aliphatic hydroxyl groups is 1. The fraction of sp³-hybridized carbons (Fsp3) is 0.758. The van der Waals surface area contributed by atoms with Crippen LogP contribution in [-0.2, 0) is 23.9 Å². The van der Waals surface area contributed by atoms with Gasteiger partial charge in [0.25, 0.3) is 0 Å². The SMILES string of the molecule is CCCCC/C=C\C/C=C\CCCCCCCC(=O)OC(CCC)CCCCCC(=O)NCC(=O)NC(CO)C(=O)O. The molecule has 0 saturated heterocycles. The Labute approximate surface area is 253 Å². The summed E-state index contributed by atoms with van der Waals surface area (Å²) in [7, 11) is 0. The van der Waals surface area contributed by atoms with Crippen molar-refractivity contribution < 1.29 is 34.1 Å². The first-order chi connectivity index (χ1) is 20.3. The zero-order chi connectivity index (χ0) is 31.3. The number of rotatable bonds is 28. The summed E-state index contributed by atoms with van der Waals surface area (Å²) in [6.45, 7) is 3.23. The highest BCUT2D eigenvalue weighted by Crippen LogP contribution is 2.15. The fourth-order valence-electron chi connectivity index (χ4n) is 4.44. The Hall–Kier alpha value is -2.68. The van der Waals surface area contributed by atoms with Crippen LogP contribution >= 0.6 is 0 Å². The highest BCUT2D eigenvalue weighted by atomic mass is 16.5. The lowest BCUT2D eigenvalue weighted by Crippen LogP contribution is -2.47. The molecule has 0 aliphatic heterocycles. The number of carbonyl (C=O) groups is 4. The van der Waals surface area contributed by atoms with Crippen molar-refractivity contribution in [3.8, 4) is 0 Å². The Morgan fingerprint density at radius 1 is 0.714 bits per heavy atom. The summed E-state index contributed by atoms with van der Waals surface area (Å²) in [6.07, 6.45) is 27.1. The van der Waals surface area contributed by atoms with Gasteiger partial charge in [-0.1, -0.05) is 83.1 Å². The second-order valence-electron chi connectivity index (χ2n) is 10.9. The maximum atomic E-state index is 12.3. The number of nitrogens with one attached hydrogen (secondary N) is 2. The Morgan fingerprint density at radius 2 is 1.33 bits per heavy atom. The van der Waals surface area contributed by atoms with Crippen LogP contribution in [0.1, 0.15) is 136 Å². The summed E-state index contributed by atoms with van der Waals surface area (Å²) >= 11 is 0. The first-order valence-electron chi connectivity index (χ1n) is 16.2. The summed E-state index contributed by atoms with van der Waals surface area (Å²) in [4.78, 5) is 46.7. The predicted molar refractivity (Wildman–Crippen MR) is 167 cm³/mol. The molecule has 0 rings (SSSR count). The van der Waals surface area contributed by atoms with Gasteiger partial charge in [-0.2, -0.15) is 0 Å². The van der Waals surface area contributed by atoms with Gasteiger partial charge in [0.2, 0.25) is 11.8 Å². The molecule has 0 heterocycles. The summed E-state index contributed by atoms with van der Waals surface area (Å²) in [5.74, 6) is -2.43. The number of hydrogen-bond donors (Lipinski definition) is 4. The summed E-state index contributed by atoms with van der Waals surface area (Å²) < 4.78 is 5.72. The van der Waals surface area contributed by atoms with Crippen LogP contribution in [0, 0.1) is 0 Å². The molecule has 0 radical (unpaired) electrons. The molecule has 4 N–H and O–H groups in total. The molecule has 2 atom stereocenters. The van der Waals surface area contributed by atoms with Gasteiger partial charge >= 0.3 is 11.9 Å². The van der Waals surface area contributed by atoms with E-state index < -0.39 is 24.5 Å². The van der Waals surface area contributed by atoms with Crippen molar-refractivity contribution in [2.45, 2.75) is 148 Å². The number of hydrogen-bond acceptors (Lipinski definition) is 6. The lowest BCUT2D eigenvalue weighted by atomic mass is 10.1. The number of esters is 1. The fourth-order valence-corrected chi connectivity index (χ4v) is 4.44. The van der Waals surface area contributed by atoms with Crippen molar-refractivity contribution in [1.29, 1.82) is 0 Å². The zero-order valence-electron chi connectivity index (χ0n) is 26.2. The molecule has 0 fully saturated rings. The van der Waals surface area contributed by atoms with Crippen LogP contribution in [0.2, 0.25) is 0 Å². The third-order valence-corrected chi connectivity index (χ3v) is 6.93. The lowest BCUT2D eigenvalue weighted by molar-refractivity contribution is -0.150. The normalized spacial score (nSPS) is 12.8. The van der Waals surface area contributed by atoms with E-state index in [-0.39, 0.29) is 30.9 Å². The topological polar surface area (TPSA) is 142 Å². The standard InChI is InChI=1S/C33H58N2O7/c1-3-5-6-7-8-9-10-11-12-13-14-15-16-17-21-25-32(39)42-28(22-4-2)23-19-18-20-24-30(37)34-26-31(38)35-29(27-36)33(40)41/h8-9,11-12,28-29,36H,3-7,10,13-27H2,1-2H3,(H,34,37)(H,35,38)(H,40,41)/b9-8-,12-11-. The van der Waals surface area contributed by atoms with E-state index in [9.17, 15) is 19.2 Å². The van der Waals surface area contributed by atoms with Gasteiger partial charge in [-0.15, -0.1) is 0 Å². The molecule has 9 heteroatoms. The number of ether oxygens (including phenoxy) is 1. The molecule has 0 bridgehead atoms. The monoisotopic (exact) mass is 594 g/mol. The molecule has 0 aromatic rings. The number of unbranched alkanes of at least 4 members (excludes halogenated alkanes) is 10. The van der Waals surface area contributed by atoms with Crippen LogP contribution in [-0.4, -0.2) is 59.3 Å². The first-order valence-corrected chi connectivity index (χ1v) is 16.2. The van der Waals surface area contributed by atoms with E-state index >= 15 is 0 Å². The number of aliphatic carboxylic acids is 1. The van der Waals surface area contributed by atoms with Crippen LogP contribution in [0.5, 0.6) is 0 Å². The van der Waals surface area contributed by atoms with Gasteiger partial charge < -0.3 is 25.6 Å². The molecule has 0 saturated carbocycles. The Bertz CT molecular complexity index is 782. The molecule has 2 unspecified atom stereocenters. The first kappa shape index (κ1) is 39.3. The minimum absolute atomic E-state index is 0.0910. The molecule has 0 aromatic carbocycles. The van der Waals surface area contributed by atoms with Gasteiger partial charge in [-0.05, 0) is 64.2 Å². The number of carbonyl (C=O) groups excluding carboxylic acids is 3. The molecular formula is C33H58N2O7. The summed E-state index contributed by atoms with van der Waals surface area (Å²) in [5.41, 5.74) is 0. The second kappa shape index (κ2) is 28.4. The minimum Gasteiger partial charge on any atom is -0.480 e. The van der Waals surface area contributed by atoms with E-state index in [4.69, 9.17) is 14.9 Å². The zero-order valence-corrected chi connectivity index (χ0v) is 26.2. The van der Waals surface area contributed by atoms with Gasteiger partial charge in [0.1, 0.15) is 12.1 Å². The van der Waals surface area contributed by atoms with Crippen LogP contribution in [0.15, 0.2) is 24.3 Å². The highest BCUT2D eigenvalue weighted by molar-refractivity contribution is 5.87. The number of amides is 2. The van der Waals surface area contributed by atoms with Crippen molar-refractivity contribution in [2.75, 3.05) is 13.2 Å². The number of aliphatic hydroxyl groups excluding tert-OH is 1. The summed E-state index contributed by atoms with van der Waals surface area (Å²) in [6, 6.07) is -1.39. The van der Waals surface area contributed by atoms with Crippen molar-refractivity contribution in [3.05, 3.63) is 24.3 Å². The van der Waals surface area contributed by atoms with Gasteiger partial charge in [0, 0.05) is 12.8 Å². The molecule has 42 heavy (non-hydrogen) atoms. The van der Waals surface area contributed by atoms with E-state index in [0.29, 0.717) is 12.8 Å². The van der Waals surface area contributed by atoms with Gasteiger partial charge in [0.05, 0.1) is 13.2 Å². The maximum Gasteiger partial charge on any atom is 0.328 e. The average Bonchev–Trinajstić information content (AvgIpc) is 2.96. The van der Waals surface area contributed by atoms with Crippen LogP contribution in [0.25, 0.3) is 0 Å². The molecule has 0 aliphatic carbocycles. The van der Waals surface area contributed by atoms with E-state index in [1.807, 2.05) is 0 Å². The molecule has 0 aromatic heterocycles. The molecular weight excluding hydrogens is 536 g/mol. The Morgan fingerprint density at radius 3 is 1.98 bits per heavy atom. The van der Waals surface area contributed by atoms with E-state index in [1.54, 1.807) is 0 Å². The quantitative estimate of drug-likeness (QED) is 0.0484. The molecule has 2 amide bonds. The second-order valence-corrected chi connectivity index (χ2v) is 10.9. The third kappa shape index (κ3) is 25.1. The largest absolute Gasteiger partial charge is 0.480 e. The highest BCUT2D eigenvalue weighted by Gasteiger charge is 2.19. The smallest absolute Gasteiger partial charge is 0.328 e. The van der Waals surface area contributed by atoms with E-state index in [1.165, 1.54) is 38.5 Å². The van der Waals surface area contributed by atoms with Crippen molar-refractivity contribution in [1.82, 2.24) is 10.6 Å². The van der Waals surface area contributed by atoms with Crippen molar-refractivity contribution >= 4 is 23.8 Å². The maximum absolute atomic E-state index is 12.3. The van der Waals surface area contributed by atoms with Crippen molar-refractivity contribution in [2.24, 2.45) is 0 Å². The Balaban J connectivity index is 3.86. The van der Waals surface area contributed by atoms with Crippen LogP contribution < -0.4 is 10.6 Å². The molecule has 242 valence electrons. The number of carboxylic acids is 1. The van der Waals surface area contributed by atoms with Crippen molar-refractivity contribution in [3.63, 3.8) is 0 Å². The molecule has 0 spiro atoms. The van der Waals surface area contributed by atoms with Crippen LogP contribution in [0.3, 0.4) is 0 Å². The lowest BCUT2D eigenvalue weighted by Gasteiger charge is -2.17. The third-order valence-electron chi connectivity index (χ3n) is 6.93. The average molecular weight is 595 g/mol. The van der Waals surface area contributed by atoms with Crippen LogP contribution in [0.4, 0.5) is 0 Å². The molecule has 0 aliphatic rings. The minimum atomic E-state index is -1.39. The van der Waals surface area contributed by atoms with Gasteiger partial charge in [0.15, 0.2) is 0 Å². The van der Waals surface area contributed by atoms with E-state index in [0.717, 1.165) is 64.2 Å². The van der Waals surface area contributed by atoms with Gasteiger partial charge in [-0.25, -0.2) is 4.79 Å².